The highest BCUT2D eigenvalue weighted by Crippen LogP contribution is 2.10. The average Bonchev–Trinajstić information content (AvgIpc) is 2.17. The second-order valence-corrected chi connectivity index (χ2v) is 2.92. The summed E-state index contributed by atoms with van der Waals surface area (Å²) in [6.07, 6.45) is 1.02. The Morgan fingerprint density at radius 3 is 2.00 bits per heavy atom. The molecule has 3 heteroatoms. The van der Waals surface area contributed by atoms with Crippen molar-refractivity contribution in [1.82, 2.24) is 0 Å². The molecule has 0 aromatic heterocycles. The molecular weight excluding hydrogens is 162 g/mol. The second-order valence-electron chi connectivity index (χ2n) is 2.92. The first-order valence-corrected chi connectivity index (χ1v) is 4.25. The van der Waals surface area contributed by atoms with Crippen molar-refractivity contribution in [3.63, 3.8) is 0 Å². The van der Waals surface area contributed by atoms with Gasteiger partial charge >= 0.3 is 0 Å². The summed E-state index contributed by atoms with van der Waals surface area (Å²) in [4.78, 5) is 0. The van der Waals surface area contributed by atoms with Crippen molar-refractivity contribution in [1.29, 1.82) is 0 Å². The van der Waals surface area contributed by atoms with Crippen LogP contribution in [0.1, 0.15) is 18.1 Å². The summed E-state index contributed by atoms with van der Waals surface area (Å²) < 4.78 is 0. The highest BCUT2D eigenvalue weighted by molar-refractivity contribution is 5.64. The largest absolute Gasteiger partial charge is 0.395 e. The topological polar surface area (TPSA) is 78.1 Å². The molecule has 0 bridgehead atoms. The molecule has 70 valence electrons. The molecule has 0 unspecified atom stereocenters. The summed E-state index contributed by atoms with van der Waals surface area (Å²) in [7, 11) is 0. The highest BCUT2D eigenvalue weighted by Gasteiger charge is 1.98. The van der Waals surface area contributed by atoms with E-state index in [2.05, 4.69) is 6.92 Å². The number of rotatable bonds is 2. The minimum atomic E-state index is 0.171. The zero-order valence-corrected chi connectivity index (χ0v) is 7.75. The molecule has 0 fully saturated rings. The van der Waals surface area contributed by atoms with Crippen LogP contribution in [-0.4, -0.2) is 0 Å². The van der Waals surface area contributed by atoms with Gasteiger partial charge in [0.05, 0.1) is 5.70 Å². The summed E-state index contributed by atoms with van der Waals surface area (Å²) in [5.74, 6) is 0.171. The van der Waals surface area contributed by atoms with Crippen molar-refractivity contribution in [3.05, 3.63) is 41.2 Å². The van der Waals surface area contributed by atoms with Crippen molar-refractivity contribution in [2.45, 2.75) is 13.3 Å². The third kappa shape index (κ3) is 2.15. The molecule has 1 aromatic rings. The third-order valence-corrected chi connectivity index (χ3v) is 1.98. The Morgan fingerprint density at radius 2 is 1.62 bits per heavy atom. The molecular formula is C10H15N3. The van der Waals surface area contributed by atoms with Gasteiger partial charge < -0.3 is 17.2 Å². The van der Waals surface area contributed by atoms with Crippen molar-refractivity contribution in [3.8, 4) is 0 Å². The van der Waals surface area contributed by atoms with E-state index in [0.717, 1.165) is 12.0 Å². The molecule has 0 heterocycles. The van der Waals surface area contributed by atoms with Crippen LogP contribution in [-0.2, 0) is 6.42 Å². The van der Waals surface area contributed by atoms with E-state index in [1.807, 2.05) is 24.3 Å². The van der Waals surface area contributed by atoms with Crippen LogP contribution in [0, 0.1) is 0 Å². The molecule has 0 radical (unpaired) electrons. The molecule has 0 aliphatic carbocycles. The molecule has 0 spiro atoms. The van der Waals surface area contributed by atoms with Gasteiger partial charge in [-0.3, -0.25) is 0 Å². The standard InChI is InChI=1S/C10H15N3/c1-2-7-3-5-8(6-4-7)9(11)10(12)13/h3-6H,2,11-13H2,1H3. The number of hydrogen-bond acceptors (Lipinski definition) is 3. The maximum atomic E-state index is 5.66. The Balaban J connectivity index is 2.99. The van der Waals surface area contributed by atoms with Gasteiger partial charge in [0.1, 0.15) is 5.82 Å². The summed E-state index contributed by atoms with van der Waals surface area (Å²) in [6, 6.07) is 7.89. The number of benzene rings is 1. The van der Waals surface area contributed by atoms with Gasteiger partial charge in [0.2, 0.25) is 0 Å². The molecule has 0 atom stereocenters. The van der Waals surface area contributed by atoms with Crippen LogP contribution in [0.3, 0.4) is 0 Å². The van der Waals surface area contributed by atoms with E-state index in [0.29, 0.717) is 5.70 Å². The molecule has 0 saturated heterocycles. The predicted octanol–water partition coefficient (Wildman–Crippen LogP) is 0.751. The highest BCUT2D eigenvalue weighted by atomic mass is 14.8. The van der Waals surface area contributed by atoms with Crippen molar-refractivity contribution in [2.24, 2.45) is 17.2 Å². The van der Waals surface area contributed by atoms with Gasteiger partial charge in [-0.25, -0.2) is 0 Å². The van der Waals surface area contributed by atoms with E-state index in [-0.39, 0.29) is 5.82 Å². The fourth-order valence-corrected chi connectivity index (χ4v) is 1.09. The van der Waals surface area contributed by atoms with Crippen LogP contribution >= 0.6 is 0 Å². The monoisotopic (exact) mass is 177 g/mol. The Morgan fingerprint density at radius 1 is 1.08 bits per heavy atom. The van der Waals surface area contributed by atoms with E-state index in [9.17, 15) is 0 Å². The first-order valence-electron chi connectivity index (χ1n) is 4.25. The normalized spacial score (nSPS) is 9.62. The Hall–Kier alpha value is -1.64. The maximum absolute atomic E-state index is 5.66. The molecule has 1 aromatic carbocycles. The zero-order chi connectivity index (χ0) is 9.84. The summed E-state index contributed by atoms with van der Waals surface area (Å²) in [6.45, 7) is 2.10. The molecule has 0 saturated carbocycles. The van der Waals surface area contributed by atoms with Crippen molar-refractivity contribution < 1.29 is 0 Å². The van der Waals surface area contributed by atoms with Crippen molar-refractivity contribution >= 4 is 5.70 Å². The van der Waals surface area contributed by atoms with E-state index >= 15 is 0 Å². The average molecular weight is 177 g/mol. The van der Waals surface area contributed by atoms with E-state index in [4.69, 9.17) is 17.2 Å². The van der Waals surface area contributed by atoms with Crippen LogP contribution in [0.25, 0.3) is 5.70 Å². The number of hydrogen-bond donors (Lipinski definition) is 3. The van der Waals surface area contributed by atoms with Crippen LogP contribution in [0.15, 0.2) is 30.1 Å². The first-order chi connectivity index (χ1) is 6.15. The van der Waals surface area contributed by atoms with Gasteiger partial charge in [0, 0.05) is 5.56 Å². The fourth-order valence-electron chi connectivity index (χ4n) is 1.09. The number of nitrogens with two attached hydrogens (primary N) is 3. The summed E-state index contributed by atoms with van der Waals surface area (Å²) in [5, 5.41) is 0. The first kappa shape index (κ1) is 9.45. The quantitative estimate of drug-likeness (QED) is 0.623. The molecule has 1 rings (SSSR count). The Kier molecular flexibility index (Phi) is 2.80. The van der Waals surface area contributed by atoms with Crippen LogP contribution in [0.4, 0.5) is 0 Å². The molecule has 3 nitrogen and oxygen atoms in total. The lowest BCUT2D eigenvalue weighted by molar-refractivity contribution is 1.14. The lowest BCUT2D eigenvalue weighted by atomic mass is 10.1. The Labute approximate surface area is 78.2 Å². The van der Waals surface area contributed by atoms with Gasteiger partial charge in [-0.05, 0) is 12.0 Å². The van der Waals surface area contributed by atoms with E-state index in [1.54, 1.807) is 0 Å². The van der Waals surface area contributed by atoms with Gasteiger partial charge in [0.25, 0.3) is 0 Å². The summed E-state index contributed by atoms with van der Waals surface area (Å²) >= 11 is 0. The maximum Gasteiger partial charge on any atom is 0.118 e. The van der Waals surface area contributed by atoms with Gasteiger partial charge in [-0.15, -0.1) is 0 Å². The van der Waals surface area contributed by atoms with Crippen LogP contribution in [0.2, 0.25) is 0 Å². The van der Waals surface area contributed by atoms with Crippen LogP contribution < -0.4 is 17.2 Å². The Bertz CT molecular complexity index is 307. The fraction of sp³-hybridized carbons (Fsp3) is 0.200. The summed E-state index contributed by atoms with van der Waals surface area (Å²) in [5.41, 5.74) is 19.0. The SMILES string of the molecule is CCc1ccc(C(N)=C(N)N)cc1. The molecule has 0 amide bonds. The van der Waals surface area contributed by atoms with Crippen LogP contribution in [0.5, 0.6) is 0 Å². The van der Waals surface area contributed by atoms with Gasteiger partial charge in [0.15, 0.2) is 0 Å². The van der Waals surface area contributed by atoms with Gasteiger partial charge in [-0.2, -0.15) is 0 Å². The lowest BCUT2D eigenvalue weighted by Crippen LogP contribution is -2.15. The minimum Gasteiger partial charge on any atom is -0.395 e. The molecule has 6 N–H and O–H groups in total. The molecule has 0 aliphatic heterocycles. The number of aryl methyl sites for hydroxylation is 1. The molecule has 0 aliphatic rings. The second kappa shape index (κ2) is 3.85. The van der Waals surface area contributed by atoms with E-state index in [1.165, 1.54) is 5.56 Å². The zero-order valence-electron chi connectivity index (χ0n) is 7.75. The van der Waals surface area contributed by atoms with Crippen molar-refractivity contribution in [2.75, 3.05) is 0 Å². The lowest BCUT2D eigenvalue weighted by Gasteiger charge is -2.04. The van der Waals surface area contributed by atoms with Gasteiger partial charge in [-0.1, -0.05) is 31.2 Å². The minimum absolute atomic E-state index is 0.171. The predicted molar refractivity (Wildman–Crippen MR) is 55.3 cm³/mol. The third-order valence-electron chi connectivity index (χ3n) is 1.98. The molecule has 13 heavy (non-hydrogen) atoms. The van der Waals surface area contributed by atoms with E-state index < -0.39 is 0 Å². The smallest absolute Gasteiger partial charge is 0.118 e.